The smallest absolute Gasteiger partial charge is 0.422 e. The maximum atomic E-state index is 11.1. The Bertz CT molecular complexity index is 454. The Morgan fingerprint density at radius 3 is 2.24 bits per heavy atom. The average Bonchev–Trinajstić information content (AvgIpc) is 1.96. The SMILES string of the molecule is CC(C)OC(=O)NS(=O)(=O)NCCS(N)(=O)=O. The summed E-state index contributed by atoms with van der Waals surface area (Å²) in [6.07, 6.45) is -1.63. The van der Waals surface area contributed by atoms with Crippen molar-refractivity contribution in [2.75, 3.05) is 12.3 Å². The van der Waals surface area contributed by atoms with E-state index in [2.05, 4.69) is 9.88 Å². The second-order valence-corrected chi connectivity index (χ2v) is 6.55. The van der Waals surface area contributed by atoms with Gasteiger partial charge in [0, 0.05) is 6.54 Å². The Kier molecular flexibility index (Phi) is 5.81. The van der Waals surface area contributed by atoms with Crippen molar-refractivity contribution in [3.63, 3.8) is 0 Å². The van der Waals surface area contributed by atoms with Crippen LogP contribution in [-0.4, -0.2) is 41.3 Å². The highest BCUT2D eigenvalue weighted by molar-refractivity contribution is 7.89. The lowest BCUT2D eigenvalue weighted by molar-refractivity contribution is 0.121. The third-order valence-corrected chi connectivity index (χ3v) is 3.03. The highest BCUT2D eigenvalue weighted by Crippen LogP contribution is 1.89. The van der Waals surface area contributed by atoms with Gasteiger partial charge in [-0.15, -0.1) is 0 Å². The number of sulfonamides is 1. The van der Waals surface area contributed by atoms with Crippen LogP contribution < -0.4 is 14.6 Å². The first-order chi connectivity index (χ1) is 7.52. The van der Waals surface area contributed by atoms with Crippen molar-refractivity contribution in [1.82, 2.24) is 9.44 Å². The molecule has 1 amide bonds. The Morgan fingerprint density at radius 2 is 1.82 bits per heavy atom. The summed E-state index contributed by atoms with van der Waals surface area (Å²) in [7, 11) is -7.91. The van der Waals surface area contributed by atoms with Crippen LogP contribution in [0.2, 0.25) is 0 Å². The molecule has 0 aliphatic carbocycles. The van der Waals surface area contributed by atoms with E-state index >= 15 is 0 Å². The lowest BCUT2D eigenvalue weighted by Gasteiger charge is -2.10. The fourth-order valence-corrected chi connectivity index (χ4v) is 1.93. The number of hydrogen-bond acceptors (Lipinski definition) is 6. The zero-order chi connectivity index (χ0) is 13.7. The number of carbonyl (C=O) groups is 1. The zero-order valence-electron chi connectivity index (χ0n) is 9.33. The molecule has 102 valence electrons. The first-order valence-electron chi connectivity index (χ1n) is 4.50. The van der Waals surface area contributed by atoms with Crippen molar-refractivity contribution in [3.8, 4) is 0 Å². The second kappa shape index (κ2) is 6.14. The Balaban J connectivity index is 4.18. The minimum Gasteiger partial charge on any atom is -0.446 e. The molecule has 11 heteroatoms. The number of amides is 1. The number of hydrogen-bond donors (Lipinski definition) is 3. The van der Waals surface area contributed by atoms with Crippen molar-refractivity contribution in [1.29, 1.82) is 0 Å². The Hall–Kier alpha value is -0.910. The quantitative estimate of drug-likeness (QED) is 0.528. The van der Waals surface area contributed by atoms with Crippen LogP contribution in [0.15, 0.2) is 0 Å². The summed E-state index contributed by atoms with van der Waals surface area (Å²) < 4.78 is 51.2. The number of rotatable bonds is 6. The zero-order valence-corrected chi connectivity index (χ0v) is 11.0. The van der Waals surface area contributed by atoms with Crippen LogP contribution in [0.3, 0.4) is 0 Å². The van der Waals surface area contributed by atoms with Crippen LogP contribution in [-0.2, 0) is 25.0 Å². The van der Waals surface area contributed by atoms with Gasteiger partial charge in [0.1, 0.15) is 0 Å². The molecule has 0 bridgehead atoms. The third-order valence-electron chi connectivity index (χ3n) is 1.24. The van der Waals surface area contributed by atoms with Crippen LogP contribution in [0, 0.1) is 0 Å². The first kappa shape index (κ1) is 16.1. The highest BCUT2D eigenvalue weighted by Gasteiger charge is 2.16. The monoisotopic (exact) mass is 289 g/mol. The van der Waals surface area contributed by atoms with E-state index in [1.807, 2.05) is 4.72 Å². The highest BCUT2D eigenvalue weighted by atomic mass is 32.2. The van der Waals surface area contributed by atoms with Crippen molar-refractivity contribution in [2.24, 2.45) is 5.14 Å². The minimum absolute atomic E-state index is 0.441. The van der Waals surface area contributed by atoms with Crippen LogP contribution in [0.5, 0.6) is 0 Å². The molecular weight excluding hydrogens is 274 g/mol. The van der Waals surface area contributed by atoms with Crippen molar-refractivity contribution < 1.29 is 26.4 Å². The normalized spacial score (nSPS) is 12.5. The molecule has 0 aliphatic heterocycles. The fraction of sp³-hybridized carbons (Fsp3) is 0.833. The molecule has 0 saturated heterocycles. The summed E-state index contributed by atoms with van der Waals surface area (Å²) in [6.45, 7) is 2.64. The molecule has 0 aliphatic rings. The van der Waals surface area contributed by atoms with E-state index < -0.39 is 44.7 Å². The van der Waals surface area contributed by atoms with Gasteiger partial charge in [-0.2, -0.15) is 13.1 Å². The van der Waals surface area contributed by atoms with Crippen LogP contribution in [0.1, 0.15) is 13.8 Å². The molecule has 0 heterocycles. The van der Waals surface area contributed by atoms with E-state index in [9.17, 15) is 21.6 Å². The molecule has 0 unspecified atom stereocenters. The van der Waals surface area contributed by atoms with Gasteiger partial charge in [0.2, 0.25) is 10.0 Å². The number of ether oxygens (including phenoxy) is 1. The molecular formula is C6H15N3O6S2. The maximum absolute atomic E-state index is 11.1. The molecule has 0 fully saturated rings. The van der Waals surface area contributed by atoms with E-state index in [0.717, 1.165) is 0 Å². The average molecular weight is 289 g/mol. The molecule has 0 atom stereocenters. The van der Waals surface area contributed by atoms with E-state index in [4.69, 9.17) is 0 Å². The first-order valence-corrected chi connectivity index (χ1v) is 7.70. The molecule has 0 aromatic rings. The number of primary sulfonamides is 1. The summed E-state index contributed by atoms with van der Waals surface area (Å²) in [4.78, 5) is 10.9. The minimum atomic E-state index is -4.14. The fourth-order valence-electron chi connectivity index (χ4n) is 0.702. The van der Waals surface area contributed by atoms with Gasteiger partial charge in [0.25, 0.3) is 0 Å². The number of carbonyl (C=O) groups excluding carboxylic acids is 1. The second-order valence-electron chi connectivity index (χ2n) is 3.32. The summed E-state index contributed by atoms with van der Waals surface area (Å²) in [6, 6.07) is 0. The molecule has 0 aromatic heterocycles. The molecule has 17 heavy (non-hydrogen) atoms. The molecule has 0 rings (SSSR count). The maximum Gasteiger partial charge on any atom is 0.422 e. The van der Waals surface area contributed by atoms with Crippen LogP contribution in [0.4, 0.5) is 4.79 Å². The summed E-state index contributed by atoms with van der Waals surface area (Å²) in [5.74, 6) is -0.576. The predicted molar refractivity (Wildman–Crippen MR) is 59.6 cm³/mol. The number of nitrogens with two attached hydrogens (primary N) is 1. The predicted octanol–water partition coefficient (Wildman–Crippen LogP) is -1.76. The van der Waals surface area contributed by atoms with Crippen LogP contribution >= 0.6 is 0 Å². The van der Waals surface area contributed by atoms with Crippen molar-refractivity contribution >= 4 is 26.3 Å². The van der Waals surface area contributed by atoms with Crippen molar-refractivity contribution in [3.05, 3.63) is 0 Å². The van der Waals surface area contributed by atoms with Gasteiger partial charge < -0.3 is 4.74 Å². The lowest BCUT2D eigenvalue weighted by atomic mass is 10.5. The van der Waals surface area contributed by atoms with E-state index in [0.29, 0.717) is 0 Å². The van der Waals surface area contributed by atoms with Gasteiger partial charge in [-0.25, -0.2) is 23.1 Å². The van der Waals surface area contributed by atoms with Crippen molar-refractivity contribution in [2.45, 2.75) is 20.0 Å². The van der Waals surface area contributed by atoms with Crippen LogP contribution in [0.25, 0.3) is 0 Å². The molecule has 0 saturated carbocycles. The molecule has 9 nitrogen and oxygen atoms in total. The third kappa shape index (κ3) is 9.99. The van der Waals surface area contributed by atoms with Gasteiger partial charge in [-0.1, -0.05) is 0 Å². The summed E-state index contributed by atoms with van der Waals surface area (Å²) in [5, 5.41) is 4.66. The summed E-state index contributed by atoms with van der Waals surface area (Å²) in [5.41, 5.74) is 0. The number of nitrogens with one attached hydrogen (secondary N) is 2. The topological polar surface area (TPSA) is 145 Å². The van der Waals surface area contributed by atoms with E-state index in [1.54, 1.807) is 13.8 Å². The Labute approximate surface area is 99.9 Å². The van der Waals surface area contributed by atoms with Gasteiger partial charge in [-0.05, 0) is 13.8 Å². The molecule has 0 aromatic carbocycles. The van der Waals surface area contributed by atoms with Gasteiger partial charge in [-0.3, -0.25) is 0 Å². The molecule has 0 spiro atoms. The Morgan fingerprint density at radius 1 is 1.29 bits per heavy atom. The molecule has 0 radical (unpaired) electrons. The lowest BCUT2D eigenvalue weighted by Crippen LogP contribution is -2.43. The summed E-state index contributed by atoms with van der Waals surface area (Å²) >= 11 is 0. The van der Waals surface area contributed by atoms with E-state index in [-0.39, 0.29) is 0 Å². The largest absolute Gasteiger partial charge is 0.446 e. The van der Waals surface area contributed by atoms with Gasteiger partial charge in [0.15, 0.2) is 0 Å². The van der Waals surface area contributed by atoms with Gasteiger partial charge in [0.05, 0.1) is 11.9 Å². The standard InChI is InChI=1S/C6H15N3O6S2/c1-5(2)15-6(10)9-17(13,14)8-3-4-16(7,11)12/h5,8H,3-4H2,1-2H3,(H,9,10)(H2,7,11,12). The van der Waals surface area contributed by atoms with Gasteiger partial charge >= 0.3 is 16.3 Å². The van der Waals surface area contributed by atoms with E-state index in [1.165, 1.54) is 4.72 Å². The molecule has 4 N–H and O–H groups in total.